The topological polar surface area (TPSA) is 88.4 Å². The first-order valence-electron chi connectivity index (χ1n) is 8.63. The summed E-state index contributed by atoms with van der Waals surface area (Å²) in [6, 6.07) is 4.60. The summed E-state index contributed by atoms with van der Waals surface area (Å²) >= 11 is 0. The zero-order chi connectivity index (χ0) is 18.5. The molecule has 0 spiro atoms. The minimum atomic E-state index is -3.58. The van der Waals surface area contributed by atoms with Gasteiger partial charge in [-0.1, -0.05) is 0 Å². The predicted molar refractivity (Wildman–Crippen MR) is 99.3 cm³/mol. The lowest BCUT2D eigenvalue weighted by Crippen LogP contribution is -2.18. The number of furan rings is 1. The lowest BCUT2D eigenvalue weighted by atomic mass is 9.95. The van der Waals surface area contributed by atoms with Gasteiger partial charge in [0.05, 0.1) is 10.5 Å². The van der Waals surface area contributed by atoms with E-state index in [2.05, 4.69) is 10.0 Å². The standard InChI is InChI=1S/C19H20N2O4S/c1-11-13-5-3-4-6-17(13)25-18(11)10-15-14-9-12(26(23,24)20-2)7-8-16(14)21-19(15)22/h7-10,20H,3-6H2,1-2H3,(H,21,22). The second kappa shape index (κ2) is 6.10. The van der Waals surface area contributed by atoms with Crippen molar-refractivity contribution in [3.63, 3.8) is 0 Å². The van der Waals surface area contributed by atoms with Gasteiger partial charge >= 0.3 is 0 Å². The van der Waals surface area contributed by atoms with Gasteiger partial charge in [-0.05, 0) is 68.6 Å². The van der Waals surface area contributed by atoms with Crippen LogP contribution in [-0.4, -0.2) is 21.4 Å². The molecule has 2 aliphatic rings. The van der Waals surface area contributed by atoms with Crippen molar-refractivity contribution in [2.24, 2.45) is 0 Å². The zero-order valence-electron chi connectivity index (χ0n) is 14.7. The van der Waals surface area contributed by atoms with Crippen molar-refractivity contribution in [2.75, 3.05) is 12.4 Å². The number of hydrogen-bond acceptors (Lipinski definition) is 4. The molecule has 6 nitrogen and oxygen atoms in total. The summed E-state index contributed by atoms with van der Waals surface area (Å²) in [7, 11) is -2.22. The van der Waals surface area contributed by atoms with Gasteiger partial charge in [0.1, 0.15) is 11.5 Å². The highest BCUT2D eigenvalue weighted by atomic mass is 32.2. The van der Waals surface area contributed by atoms with Crippen LogP contribution in [0.4, 0.5) is 5.69 Å². The Kier molecular flexibility index (Phi) is 4.00. The average Bonchev–Trinajstić information content (AvgIpc) is 3.12. The summed E-state index contributed by atoms with van der Waals surface area (Å²) in [5.74, 6) is 1.43. The second-order valence-corrected chi connectivity index (χ2v) is 8.51. The van der Waals surface area contributed by atoms with Crippen molar-refractivity contribution in [3.05, 3.63) is 46.4 Å². The Morgan fingerprint density at radius 2 is 2.00 bits per heavy atom. The third kappa shape index (κ3) is 2.68. The number of carbonyl (C=O) groups excluding carboxylic acids is 1. The van der Waals surface area contributed by atoms with Crippen LogP contribution in [0.2, 0.25) is 0 Å². The zero-order valence-corrected chi connectivity index (χ0v) is 15.5. The van der Waals surface area contributed by atoms with Crippen molar-refractivity contribution in [2.45, 2.75) is 37.5 Å². The van der Waals surface area contributed by atoms with Crippen LogP contribution in [0.5, 0.6) is 0 Å². The Labute approximate surface area is 152 Å². The van der Waals surface area contributed by atoms with Crippen LogP contribution in [0.1, 0.15) is 41.1 Å². The van der Waals surface area contributed by atoms with Gasteiger partial charge in [-0.15, -0.1) is 0 Å². The Hall–Kier alpha value is -2.38. The van der Waals surface area contributed by atoms with Crippen LogP contribution in [-0.2, 0) is 27.7 Å². The Morgan fingerprint density at radius 1 is 1.23 bits per heavy atom. The second-order valence-electron chi connectivity index (χ2n) is 6.63. The van der Waals surface area contributed by atoms with Crippen LogP contribution in [0.3, 0.4) is 0 Å². The van der Waals surface area contributed by atoms with Gasteiger partial charge in [-0.2, -0.15) is 0 Å². The molecule has 0 atom stereocenters. The van der Waals surface area contributed by atoms with E-state index in [1.807, 2.05) is 6.92 Å². The number of rotatable bonds is 3. The van der Waals surface area contributed by atoms with E-state index in [1.54, 1.807) is 12.1 Å². The number of benzene rings is 1. The monoisotopic (exact) mass is 372 g/mol. The molecule has 1 aliphatic carbocycles. The molecule has 2 N–H and O–H groups in total. The summed E-state index contributed by atoms with van der Waals surface area (Å²) in [4.78, 5) is 12.6. The first-order chi connectivity index (χ1) is 12.4. The molecule has 1 aliphatic heterocycles. The Morgan fingerprint density at radius 3 is 2.73 bits per heavy atom. The molecule has 0 saturated heterocycles. The lowest BCUT2D eigenvalue weighted by Gasteiger charge is -2.08. The van der Waals surface area contributed by atoms with E-state index in [0.717, 1.165) is 37.0 Å². The fraction of sp³-hybridized carbons (Fsp3) is 0.316. The molecular weight excluding hydrogens is 352 g/mol. The van der Waals surface area contributed by atoms with E-state index in [-0.39, 0.29) is 10.8 Å². The highest BCUT2D eigenvalue weighted by molar-refractivity contribution is 7.89. The molecule has 2 heterocycles. The summed E-state index contributed by atoms with van der Waals surface area (Å²) in [6.07, 6.45) is 5.92. The maximum absolute atomic E-state index is 12.4. The van der Waals surface area contributed by atoms with Crippen LogP contribution < -0.4 is 10.0 Å². The number of fused-ring (bicyclic) bond motifs is 2. The smallest absolute Gasteiger partial charge is 0.256 e. The Balaban J connectivity index is 1.82. The maximum atomic E-state index is 12.4. The van der Waals surface area contributed by atoms with Gasteiger partial charge in [0.15, 0.2) is 0 Å². The largest absolute Gasteiger partial charge is 0.461 e. The number of hydrogen-bond donors (Lipinski definition) is 2. The van der Waals surface area contributed by atoms with Crippen LogP contribution in [0, 0.1) is 6.92 Å². The molecule has 1 aromatic heterocycles. The van der Waals surface area contributed by atoms with Gasteiger partial charge < -0.3 is 9.73 Å². The quantitative estimate of drug-likeness (QED) is 0.811. The molecule has 0 fully saturated rings. The number of nitrogens with one attached hydrogen (secondary N) is 2. The molecule has 2 aromatic rings. The molecule has 0 saturated carbocycles. The van der Waals surface area contributed by atoms with Gasteiger partial charge in [-0.25, -0.2) is 13.1 Å². The lowest BCUT2D eigenvalue weighted by molar-refractivity contribution is -0.110. The minimum Gasteiger partial charge on any atom is -0.461 e. The maximum Gasteiger partial charge on any atom is 0.256 e. The van der Waals surface area contributed by atoms with Crippen molar-refractivity contribution < 1.29 is 17.6 Å². The van der Waals surface area contributed by atoms with Crippen molar-refractivity contribution in [1.82, 2.24) is 4.72 Å². The molecule has 0 radical (unpaired) electrons. The van der Waals surface area contributed by atoms with Crippen molar-refractivity contribution in [1.29, 1.82) is 0 Å². The Bertz CT molecular complexity index is 1050. The van der Waals surface area contributed by atoms with Crippen LogP contribution >= 0.6 is 0 Å². The van der Waals surface area contributed by atoms with Gasteiger partial charge in [-0.3, -0.25) is 4.79 Å². The first kappa shape index (κ1) is 17.1. The summed E-state index contributed by atoms with van der Waals surface area (Å²) < 4.78 is 32.4. The molecule has 0 bridgehead atoms. The number of aryl methyl sites for hydroxylation is 1. The molecule has 1 amide bonds. The average molecular weight is 372 g/mol. The molecule has 7 heteroatoms. The first-order valence-corrected chi connectivity index (χ1v) is 10.1. The number of carbonyl (C=O) groups is 1. The SMILES string of the molecule is CNS(=O)(=O)c1ccc2c(c1)C(=Cc1oc3c(c1C)CCCC3)C(=O)N2. The van der Waals surface area contributed by atoms with Crippen LogP contribution in [0.25, 0.3) is 11.6 Å². The van der Waals surface area contributed by atoms with E-state index < -0.39 is 10.0 Å². The van der Waals surface area contributed by atoms with E-state index >= 15 is 0 Å². The molecular formula is C19H20N2O4S. The molecule has 1 aromatic carbocycles. The number of anilines is 1. The fourth-order valence-corrected chi connectivity index (χ4v) is 4.37. The predicted octanol–water partition coefficient (Wildman–Crippen LogP) is 2.87. The van der Waals surface area contributed by atoms with E-state index in [1.165, 1.54) is 24.7 Å². The third-order valence-corrected chi connectivity index (χ3v) is 6.51. The third-order valence-electron chi connectivity index (χ3n) is 5.10. The van der Waals surface area contributed by atoms with E-state index in [4.69, 9.17) is 4.42 Å². The van der Waals surface area contributed by atoms with Crippen LogP contribution in [0.15, 0.2) is 27.5 Å². The minimum absolute atomic E-state index is 0.122. The molecule has 136 valence electrons. The molecule has 4 rings (SSSR count). The normalized spacial score (nSPS) is 17.9. The van der Waals surface area contributed by atoms with Crippen molar-refractivity contribution in [3.8, 4) is 0 Å². The van der Waals surface area contributed by atoms with Crippen molar-refractivity contribution >= 4 is 33.3 Å². The van der Waals surface area contributed by atoms with E-state index in [9.17, 15) is 13.2 Å². The molecule has 26 heavy (non-hydrogen) atoms. The summed E-state index contributed by atoms with van der Waals surface area (Å²) in [5.41, 5.74) is 3.90. The fourth-order valence-electron chi connectivity index (χ4n) is 3.61. The highest BCUT2D eigenvalue weighted by Crippen LogP contribution is 2.37. The summed E-state index contributed by atoms with van der Waals surface area (Å²) in [5, 5.41) is 2.78. The highest BCUT2D eigenvalue weighted by Gasteiger charge is 2.28. The van der Waals surface area contributed by atoms with E-state index in [0.29, 0.717) is 22.6 Å². The van der Waals surface area contributed by atoms with Gasteiger partial charge in [0.25, 0.3) is 5.91 Å². The summed E-state index contributed by atoms with van der Waals surface area (Å²) in [6.45, 7) is 2.01. The molecule has 0 unspecified atom stereocenters. The number of amides is 1. The number of sulfonamides is 1. The van der Waals surface area contributed by atoms with Gasteiger partial charge in [0, 0.05) is 17.7 Å². The van der Waals surface area contributed by atoms with Gasteiger partial charge in [0.2, 0.25) is 10.0 Å².